The number of hydrogen-bond donors (Lipinski definition) is 1. The van der Waals surface area contributed by atoms with Gasteiger partial charge in [-0.1, -0.05) is 6.92 Å². The van der Waals surface area contributed by atoms with E-state index in [4.69, 9.17) is 5.26 Å². The first kappa shape index (κ1) is 7.07. The maximum Gasteiger partial charge on any atom is 0.240 e. The van der Waals surface area contributed by atoms with Gasteiger partial charge in [-0.15, -0.1) is 0 Å². The van der Waals surface area contributed by atoms with E-state index in [1.54, 1.807) is 0 Å². The van der Waals surface area contributed by atoms with Gasteiger partial charge in [-0.25, -0.2) is 0 Å². The molecule has 10 heavy (non-hydrogen) atoms. The molecule has 1 rings (SSSR count). The van der Waals surface area contributed by atoms with Crippen molar-refractivity contribution >= 4 is 5.91 Å². The summed E-state index contributed by atoms with van der Waals surface area (Å²) in [5.41, 5.74) is -0.708. The summed E-state index contributed by atoms with van der Waals surface area (Å²) >= 11 is 0. The molecule has 0 spiro atoms. The van der Waals surface area contributed by atoms with Crippen molar-refractivity contribution in [1.29, 1.82) is 5.26 Å². The number of carbonyl (C=O) groups is 1. The molecule has 3 heteroatoms. The van der Waals surface area contributed by atoms with Crippen LogP contribution in [0.25, 0.3) is 0 Å². The number of nitriles is 1. The van der Waals surface area contributed by atoms with Crippen LogP contribution in [0.1, 0.15) is 19.8 Å². The van der Waals surface area contributed by atoms with Crippen molar-refractivity contribution in [3.05, 3.63) is 0 Å². The smallest absolute Gasteiger partial charge is 0.240 e. The first-order chi connectivity index (χ1) is 4.75. The third-order valence-corrected chi connectivity index (χ3v) is 2.09. The van der Waals surface area contributed by atoms with Crippen molar-refractivity contribution in [3.63, 3.8) is 0 Å². The third-order valence-electron chi connectivity index (χ3n) is 2.09. The van der Waals surface area contributed by atoms with Gasteiger partial charge in [-0.2, -0.15) is 5.26 Å². The number of hydrogen-bond acceptors (Lipinski definition) is 2. The molecule has 0 saturated carbocycles. The van der Waals surface area contributed by atoms with Crippen LogP contribution in [0.4, 0.5) is 0 Å². The standard InChI is InChI=1S/C7H10N2O/c1-2-7(5-8)3-4-9-6(7)10/h2-4H2,1H3,(H,9,10)/t7-/m1/s1. The van der Waals surface area contributed by atoms with Crippen molar-refractivity contribution in [3.8, 4) is 6.07 Å². The number of rotatable bonds is 1. The molecule has 0 aliphatic carbocycles. The Morgan fingerprint density at radius 2 is 2.60 bits per heavy atom. The molecule has 0 aromatic carbocycles. The van der Waals surface area contributed by atoms with Gasteiger partial charge < -0.3 is 5.32 Å². The molecule has 1 aliphatic heterocycles. The molecular formula is C7H10N2O. The van der Waals surface area contributed by atoms with Crippen LogP contribution in [0, 0.1) is 16.7 Å². The Morgan fingerprint density at radius 1 is 1.90 bits per heavy atom. The summed E-state index contributed by atoms with van der Waals surface area (Å²) in [5.74, 6) is -0.0995. The molecule has 1 amide bonds. The molecule has 0 bridgehead atoms. The van der Waals surface area contributed by atoms with E-state index in [0.29, 0.717) is 19.4 Å². The normalized spacial score (nSPS) is 31.4. The molecule has 1 saturated heterocycles. The zero-order chi connectivity index (χ0) is 7.61. The first-order valence-corrected chi connectivity index (χ1v) is 3.45. The lowest BCUT2D eigenvalue weighted by Gasteiger charge is -2.12. The Hall–Kier alpha value is -1.04. The van der Waals surface area contributed by atoms with Crippen LogP contribution >= 0.6 is 0 Å². The van der Waals surface area contributed by atoms with Crippen LogP contribution in [0.3, 0.4) is 0 Å². The molecule has 3 nitrogen and oxygen atoms in total. The second-order valence-electron chi connectivity index (χ2n) is 2.55. The van der Waals surface area contributed by atoms with E-state index in [1.165, 1.54) is 0 Å². The van der Waals surface area contributed by atoms with Gasteiger partial charge in [0, 0.05) is 6.54 Å². The molecule has 1 N–H and O–H groups in total. The van der Waals surface area contributed by atoms with Crippen molar-refractivity contribution < 1.29 is 4.79 Å². The van der Waals surface area contributed by atoms with Crippen LogP contribution in [-0.2, 0) is 4.79 Å². The van der Waals surface area contributed by atoms with Crippen LogP contribution < -0.4 is 5.32 Å². The zero-order valence-electron chi connectivity index (χ0n) is 5.98. The summed E-state index contributed by atoms with van der Waals surface area (Å²) in [6.45, 7) is 2.52. The van der Waals surface area contributed by atoms with E-state index in [2.05, 4.69) is 11.4 Å². The SMILES string of the molecule is CC[C@]1(C#N)CCNC1=O. The molecule has 1 atom stereocenters. The lowest BCUT2D eigenvalue weighted by molar-refractivity contribution is -0.125. The zero-order valence-corrected chi connectivity index (χ0v) is 5.98. The van der Waals surface area contributed by atoms with Gasteiger partial charge in [0.1, 0.15) is 5.41 Å². The molecule has 0 radical (unpaired) electrons. The second-order valence-corrected chi connectivity index (χ2v) is 2.55. The predicted octanol–water partition coefficient (Wildman–Crippen LogP) is 0.426. The number of nitrogens with zero attached hydrogens (tertiary/aromatic N) is 1. The largest absolute Gasteiger partial charge is 0.355 e. The maximum atomic E-state index is 11.0. The summed E-state index contributed by atoms with van der Waals surface area (Å²) in [6, 6.07) is 2.06. The highest BCUT2D eigenvalue weighted by atomic mass is 16.2. The van der Waals surface area contributed by atoms with E-state index in [1.807, 2.05) is 6.92 Å². The molecule has 54 valence electrons. The second kappa shape index (κ2) is 2.30. The average Bonchev–Trinajstić information content (AvgIpc) is 2.32. The molecule has 0 aromatic rings. The lowest BCUT2D eigenvalue weighted by Crippen LogP contribution is -2.28. The van der Waals surface area contributed by atoms with E-state index in [0.717, 1.165) is 0 Å². The van der Waals surface area contributed by atoms with Crippen molar-refractivity contribution in [2.24, 2.45) is 5.41 Å². The lowest BCUT2D eigenvalue weighted by atomic mass is 9.85. The molecule has 0 aromatic heterocycles. The Bertz CT molecular complexity index is 194. The van der Waals surface area contributed by atoms with E-state index in [9.17, 15) is 4.79 Å². The molecular weight excluding hydrogens is 128 g/mol. The van der Waals surface area contributed by atoms with Crippen LogP contribution in [-0.4, -0.2) is 12.5 Å². The minimum absolute atomic E-state index is 0.0995. The molecule has 1 heterocycles. The highest BCUT2D eigenvalue weighted by Gasteiger charge is 2.40. The Labute approximate surface area is 60.0 Å². The summed E-state index contributed by atoms with van der Waals surface area (Å²) in [7, 11) is 0. The minimum Gasteiger partial charge on any atom is -0.355 e. The summed E-state index contributed by atoms with van der Waals surface area (Å²) < 4.78 is 0. The van der Waals surface area contributed by atoms with E-state index >= 15 is 0 Å². The summed E-state index contributed by atoms with van der Waals surface area (Å²) in [4.78, 5) is 11.0. The summed E-state index contributed by atoms with van der Waals surface area (Å²) in [5, 5.41) is 11.3. The molecule has 1 fully saturated rings. The van der Waals surface area contributed by atoms with Gasteiger partial charge >= 0.3 is 0 Å². The fourth-order valence-corrected chi connectivity index (χ4v) is 1.20. The monoisotopic (exact) mass is 138 g/mol. The van der Waals surface area contributed by atoms with Crippen LogP contribution in [0.2, 0.25) is 0 Å². The van der Waals surface area contributed by atoms with Gasteiger partial charge in [0.05, 0.1) is 6.07 Å². The van der Waals surface area contributed by atoms with E-state index < -0.39 is 5.41 Å². The van der Waals surface area contributed by atoms with E-state index in [-0.39, 0.29) is 5.91 Å². The Balaban J connectivity index is 2.84. The highest BCUT2D eigenvalue weighted by Crippen LogP contribution is 2.28. The van der Waals surface area contributed by atoms with Gasteiger partial charge in [0.2, 0.25) is 5.91 Å². The highest BCUT2D eigenvalue weighted by molar-refractivity contribution is 5.87. The van der Waals surface area contributed by atoms with Crippen molar-refractivity contribution in [2.45, 2.75) is 19.8 Å². The number of nitrogens with one attached hydrogen (secondary N) is 1. The minimum atomic E-state index is -0.708. The number of amides is 1. The fraction of sp³-hybridized carbons (Fsp3) is 0.714. The van der Waals surface area contributed by atoms with Gasteiger partial charge in [-0.3, -0.25) is 4.79 Å². The summed E-state index contributed by atoms with van der Waals surface area (Å²) in [6.07, 6.45) is 1.29. The van der Waals surface area contributed by atoms with Crippen molar-refractivity contribution in [1.82, 2.24) is 5.32 Å². The average molecular weight is 138 g/mol. The van der Waals surface area contributed by atoms with Gasteiger partial charge in [-0.05, 0) is 12.8 Å². The molecule has 1 aliphatic rings. The Kier molecular flexibility index (Phi) is 1.62. The Morgan fingerprint density at radius 3 is 2.80 bits per heavy atom. The quantitative estimate of drug-likeness (QED) is 0.571. The first-order valence-electron chi connectivity index (χ1n) is 3.45. The van der Waals surface area contributed by atoms with Gasteiger partial charge in [0.15, 0.2) is 0 Å². The third kappa shape index (κ3) is 0.766. The maximum absolute atomic E-state index is 11.0. The van der Waals surface area contributed by atoms with Crippen LogP contribution in [0.5, 0.6) is 0 Å². The molecule has 0 unspecified atom stereocenters. The predicted molar refractivity (Wildman–Crippen MR) is 36.0 cm³/mol. The fourth-order valence-electron chi connectivity index (χ4n) is 1.20. The topological polar surface area (TPSA) is 52.9 Å². The van der Waals surface area contributed by atoms with Crippen LogP contribution in [0.15, 0.2) is 0 Å². The number of carbonyl (C=O) groups excluding carboxylic acids is 1. The van der Waals surface area contributed by atoms with Gasteiger partial charge in [0.25, 0.3) is 0 Å². The van der Waals surface area contributed by atoms with Crippen molar-refractivity contribution in [2.75, 3.05) is 6.54 Å².